The molecule has 7 nitrogen and oxygen atoms in total. The molecular weight excluding hydrogens is 297 g/mol. The predicted molar refractivity (Wildman–Crippen MR) is 56.4 cm³/mol. The van der Waals surface area contributed by atoms with Crippen molar-refractivity contribution in [3.05, 3.63) is 0 Å². The minimum absolute atomic E-state index is 0. The quantitative estimate of drug-likeness (QED) is 0.421. The summed E-state index contributed by atoms with van der Waals surface area (Å²) in [6, 6.07) is 0. The number of carboxylic acid groups (broad SMARTS) is 1. The molecule has 0 aliphatic carbocycles. The number of aliphatic carboxylic acids is 1. The summed E-state index contributed by atoms with van der Waals surface area (Å²) in [6.45, 7) is -0.379. The van der Waals surface area contributed by atoms with Gasteiger partial charge in [0.15, 0.2) is 0 Å². The van der Waals surface area contributed by atoms with E-state index in [-0.39, 0.29) is 19.0 Å². The molecule has 19 heavy (non-hydrogen) atoms. The summed E-state index contributed by atoms with van der Waals surface area (Å²) < 4.78 is 35.9. The molecule has 0 aromatic carbocycles. The normalized spacial score (nSPS) is 31.2. The van der Waals surface area contributed by atoms with Crippen LogP contribution in [0.4, 0.5) is 13.2 Å². The van der Waals surface area contributed by atoms with Crippen LogP contribution in [0.5, 0.6) is 0 Å². The summed E-state index contributed by atoms with van der Waals surface area (Å²) in [5.74, 6) is -5.06. The third kappa shape index (κ3) is 4.20. The molecule has 1 amide bonds. The van der Waals surface area contributed by atoms with Gasteiger partial charge in [0.1, 0.15) is 12.3 Å². The Balaban J connectivity index is 0.00000324. The van der Waals surface area contributed by atoms with E-state index in [1.807, 2.05) is 0 Å². The van der Waals surface area contributed by atoms with Gasteiger partial charge >= 0.3 is 18.1 Å². The van der Waals surface area contributed by atoms with Crippen molar-refractivity contribution in [2.75, 3.05) is 6.54 Å². The van der Waals surface area contributed by atoms with Crippen LogP contribution < -0.4 is 10.6 Å². The fourth-order valence-electron chi connectivity index (χ4n) is 1.52. The van der Waals surface area contributed by atoms with Crippen LogP contribution in [0.15, 0.2) is 0 Å². The van der Waals surface area contributed by atoms with Crippen LogP contribution in [0, 0.1) is 5.92 Å². The van der Waals surface area contributed by atoms with E-state index < -0.39 is 42.3 Å². The zero-order valence-corrected chi connectivity index (χ0v) is 10.0. The Bertz CT molecular complexity index is 354. The zero-order chi connectivity index (χ0) is 14.1. The Morgan fingerprint density at radius 1 is 1.21 bits per heavy atom. The molecule has 4 atom stereocenters. The Labute approximate surface area is 111 Å². The first-order chi connectivity index (χ1) is 8.14. The first-order valence-corrected chi connectivity index (χ1v) is 4.84. The molecule has 0 radical (unpaired) electrons. The lowest BCUT2D eigenvalue weighted by atomic mass is 9.92. The largest absolute Gasteiger partial charge is 0.481 e. The van der Waals surface area contributed by atoms with Crippen molar-refractivity contribution in [1.29, 1.82) is 0 Å². The van der Waals surface area contributed by atoms with Gasteiger partial charge in [-0.1, -0.05) is 0 Å². The maximum atomic E-state index is 12.0. The van der Waals surface area contributed by atoms with Crippen LogP contribution >= 0.6 is 12.4 Å². The van der Waals surface area contributed by atoms with Gasteiger partial charge in [-0.15, -0.1) is 12.4 Å². The number of nitrogens with one attached hydrogen (secondary N) is 2. The lowest BCUT2D eigenvalue weighted by Gasteiger charge is -2.36. The SMILES string of the molecule is Cl.O=C(O)[C@H]1CN[C@@H](NC(=O)C(F)(F)F)[C@@H](O)[C@@H]1O. The first-order valence-electron chi connectivity index (χ1n) is 4.84. The van der Waals surface area contributed by atoms with Crippen LogP contribution in [0.2, 0.25) is 0 Å². The van der Waals surface area contributed by atoms with E-state index >= 15 is 0 Å². The summed E-state index contributed by atoms with van der Waals surface area (Å²) in [7, 11) is 0. The average Bonchev–Trinajstić information content (AvgIpc) is 2.22. The highest BCUT2D eigenvalue weighted by molar-refractivity contribution is 5.85. The van der Waals surface area contributed by atoms with Crippen molar-refractivity contribution >= 4 is 24.3 Å². The van der Waals surface area contributed by atoms with Crippen molar-refractivity contribution in [1.82, 2.24) is 10.6 Å². The van der Waals surface area contributed by atoms with E-state index in [9.17, 15) is 33.0 Å². The molecule has 0 saturated carbocycles. The second-order valence-corrected chi connectivity index (χ2v) is 3.78. The molecule has 1 rings (SSSR count). The highest BCUT2D eigenvalue weighted by Gasteiger charge is 2.45. The number of hydrogen-bond donors (Lipinski definition) is 5. The monoisotopic (exact) mass is 308 g/mol. The molecular formula is C8H12ClF3N2O5. The minimum Gasteiger partial charge on any atom is -0.481 e. The van der Waals surface area contributed by atoms with E-state index in [1.54, 1.807) is 0 Å². The van der Waals surface area contributed by atoms with Gasteiger partial charge in [0.05, 0.1) is 12.0 Å². The molecule has 1 heterocycles. The summed E-state index contributed by atoms with van der Waals surface area (Å²) in [5.41, 5.74) is 0. The van der Waals surface area contributed by atoms with Crippen LogP contribution in [-0.4, -0.2) is 58.3 Å². The maximum Gasteiger partial charge on any atom is 0.471 e. The van der Waals surface area contributed by atoms with Crippen molar-refractivity contribution in [3.8, 4) is 0 Å². The number of aliphatic hydroxyl groups excluding tert-OH is 2. The number of rotatable bonds is 2. The molecule has 1 aliphatic heterocycles. The summed E-state index contributed by atoms with van der Waals surface area (Å²) in [6.07, 6.45) is -10.3. The fourth-order valence-corrected chi connectivity index (χ4v) is 1.52. The van der Waals surface area contributed by atoms with Crippen LogP contribution in [-0.2, 0) is 9.59 Å². The minimum atomic E-state index is -5.13. The molecule has 1 saturated heterocycles. The number of hydrogen-bond acceptors (Lipinski definition) is 5. The number of aliphatic hydroxyl groups is 2. The highest BCUT2D eigenvalue weighted by atomic mass is 35.5. The van der Waals surface area contributed by atoms with Crippen molar-refractivity contribution in [2.45, 2.75) is 24.6 Å². The van der Waals surface area contributed by atoms with Crippen molar-refractivity contribution in [3.63, 3.8) is 0 Å². The zero-order valence-electron chi connectivity index (χ0n) is 9.22. The maximum absolute atomic E-state index is 12.0. The van der Waals surface area contributed by atoms with E-state index in [1.165, 1.54) is 5.32 Å². The second kappa shape index (κ2) is 6.37. The van der Waals surface area contributed by atoms with Crippen LogP contribution in [0.25, 0.3) is 0 Å². The molecule has 0 unspecified atom stereocenters. The number of carbonyl (C=O) groups excluding carboxylic acids is 1. The number of alkyl halides is 3. The highest BCUT2D eigenvalue weighted by Crippen LogP contribution is 2.18. The number of halogens is 4. The number of carboxylic acids is 1. The molecule has 0 bridgehead atoms. The average molecular weight is 309 g/mol. The first kappa shape index (κ1) is 17.9. The lowest BCUT2D eigenvalue weighted by Crippen LogP contribution is -2.66. The molecule has 11 heteroatoms. The van der Waals surface area contributed by atoms with E-state index in [4.69, 9.17) is 5.11 Å². The van der Waals surface area contributed by atoms with Gasteiger partial charge in [0, 0.05) is 6.54 Å². The topological polar surface area (TPSA) is 119 Å². The van der Waals surface area contributed by atoms with Gasteiger partial charge in [-0.3, -0.25) is 14.9 Å². The number of piperidine rings is 1. The van der Waals surface area contributed by atoms with E-state index in [2.05, 4.69) is 5.32 Å². The van der Waals surface area contributed by atoms with Crippen LogP contribution in [0.3, 0.4) is 0 Å². The van der Waals surface area contributed by atoms with Gasteiger partial charge in [-0.05, 0) is 0 Å². The number of amides is 1. The third-order valence-corrected chi connectivity index (χ3v) is 2.52. The fraction of sp³-hybridized carbons (Fsp3) is 0.750. The Morgan fingerprint density at radius 2 is 1.74 bits per heavy atom. The predicted octanol–water partition coefficient (Wildman–Crippen LogP) is -1.56. The van der Waals surface area contributed by atoms with Gasteiger partial charge in [-0.25, -0.2) is 0 Å². The van der Waals surface area contributed by atoms with Crippen molar-refractivity contribution < 1.29 is 38.1 Å². The van der Waals surface area contributed by atoms with Gasteiger partial charge in [0.2, 0.25) is 0 Å². The Kier molecular flexibility index (Phi) is 6.00. The molecule has 1 fully saturated rings. The van der Waals surface area contributed by atoms with E-state index in [0.717, 1.165) is 0 Å². The van der Waals surface area contributed by atoms with Gasteiger partial charge < -0.3 is 20.6 Å². The summed E-state index contributed by atoms with van der Waals surface area (Å²) in [5, 5.41) is 31.1. The molecule has 1 aliphatic rings. The number of carbonyl (C=O) groups is 2. The molecule has 0 aromatic heterocycles. The van der Waals surface area contributed by atoms with Gasteiger partial charge in [-0.2, -0.15) is 13.2 Å². The molecule has 0 aromatic rings. The van der Waals surface area contributed by atoms with Crippen molar-refractivity contribution in [2.24, 2.45) is 5.92 Å². The Hall–Kier alpha value is -1.10. The summed E-state index contributed by atoms with van der Waals surface area (Å²) >= 11 is 0. The molecule has 112 valence electrons. The lowest BCUT2D eigenvalue weighted by molar-refractivity contribution is -0.177. The standard InChI is InChI=1S/C8H11F3N2O5.ClH/c9-8(10,11)7(18)13-5-4(15)3(14)2(1-12-5)6(16)17;/h2-5,12,14-15H,1H2,(H,13,18)(H,16,17);1H/t2-,3+,4-,5-;/m0./s1. The second-order valence-electron chi connectivity index (χ2n) is 3.78. The van der Waals surface area contributed by atoms with Gasteiger partial charge in [0.25, 0.3) is 0 Å². The molecule has 0 spiro atoms. The summed E-state index contributed by atoms with van der Waals surface area (Å²) in [4.78, 5) is 21.2. The van der Waals surface area contributed by atoms with Crippen LogP contribution in [0.1, 0.15) is 0 Å². The smallest absolute Gasteiger partial charge is 0.471 e. The Morgan fingerprint density at radius 3 is 2.16 bits per heavy atom. The van der Waals surface area contributed by atoms with E-state index in [0.29, 0.717) is 0 Å². The molecule has 5 N–H and O–H groups in total. The third-order valence-electron chi connectivity index (χ3n) is 2.52.